The first-order chi connectivity index (χ1) is 5.23. The summed E-state index contributed by atoms with van der Waals surface area (Å²) < 4.78 is 6.91. The van der Waals surface area contributed by atoms with Crippen LogP contribution in [0.2, 0.25) is 0 Å². The topological polar surface area (TPSA) is 12.5 Å². The summed E-state index contributed by atoms with van der Waals surface area (Å²) in [6.45, 7) is 5.16. The van der Waals surface area contributed by atoms with Crippen LogP contribution in [-0.2, 0) is 4.74 Å². The van der Waals surface area contributed by atoms with Gasteiger partial charge in [-0.2, -0.15) is 0 Å². The number of piperidine rings is 3. The summed E-state index contributed by atoms with van der Waals surface area (Å²) in [6, 6.07) is 0. The van der Waals surface area contributed by atoms with Crippen molar-refractivity contribution in [3.05, 3.63) is 0 Å². The van der Waals surface area contributed by atoms with Gasteiger partial charge in [-0.15, -0.1) is 0 Å². The Balaban J connectivity index is 1.93. The zero-order valence-electron chi connectivity index (χ0n) is 7.18. The normalized spacial score (nSPS) is 60.2. The molecule has 0 aromatic carbocycles. The molecule has 60 valence electrons. The Hall–Kier alpha value is -0.0151. The summed E-state index contributed by atoms with van der Waals surface area (Å²) in [5.74, 6) is 0.919. The molecule has 4 aliphatic rings. The van der Waals surface area contributed by atoms with Gasteiger partial charge in [-0.05, 0) is 0 Å². The van der Waals surface area contributed by atoms with E-state index in [1.54, 1.807) is 0 Å². The van der Waals surface area contributed by atoms with Gasteiger partial charge >= 0.3 is 7.98 Å². The van der Waals surface area contributed by atoms with Crippen LogP contribution in [0, 0.1) is 5.92 Å². The standard InChI is InChI=1S/C8H15BNO/c9-10-3-1-7(2-4-10)8(5-10)6-11-8/h7H,1-6,9H2/q+1. The van der Waals surface area contributed by atoms with Crippen molar-refractivity contribution in [1.29, 1.82) is 0 Å². The Kier molecular flexibility index (Phi) is 0.985. The molecule has 4 rings (SSSR count). The molecule has 4 aliphatic heterocycles. The summed E-state index contributed by atoms with van der Waals surface area (Å²) >= 11 is 0. The average Bonchev–Trinajstić information content (AvgIpc) is 2.69. The van der Waals surface area contributed by atoms with Crippen molar-refractivity contribution < 1.29 is 9.13 Å². The minimum Gasteiger partial charge on any atom is -0.397 e. The molecule has 4 fully saturated rings. The quantitative estimate of drug-likeness (QED) is 0.338. The molecule has 1 spiro atoms. The second-order valence-electron chi connectivity index (χ2n) is 4.85. The molecule has 0 aliphatic carbocycles. The third-order valence-corrected chi connectivity index (χ3v) is 3.94. The molecule has 3 heteroatoms. The van der Waals surface area contributed by atoms with Crippen molar-refractivity contribution in [2.24, 2.45) is 5.92 Å². The van der Waals surface area contributed by atoms with Crippen LogP contribution in [-0.4, -0.2) is 44.2 Å². The van der Waals surface area contributed by atoms with Gasteiger partial charge in [0.1, 0.15) is 5.60 Å². The largest absolute Gasteiger partial charge is 0.397 e. The zero-order valence-corrected chi connectivity index (χ0v) is 7.18. The first-order valence-electron chi connectivity index (χ1n) is 4.70. The lowest BCUT2D eigenvalue weighted by Gasteiger charge is -2.51. The Morgan fingerprint density at radius 1 is 1.36 bits per heavy atom. The van der Waals surface area contributed by atoms with E-state index in [9.17, 15) is 0 Å². The molecule has 4 saturated heterocycles. The minimum absolute atomic E-state index is 0.380. The second kappa shape index (κ2) is 1.67. The second-order valence-corrected chi connectivity index (χ2v) is 4.85. The van der Waals surface area contributed by atoms with Crippen LogP contribution in [0.1, 0.15) is 12.8 Å². The number of ether oxygens (including phenoxy) is 1. The number of epoxide rings is 1. The summed E-state index contributed by atoms with van der Waals surface area (Å²) in [5, 5.41) is 0. The maximum Gasteiger partial charge on any atom is 0.372 e. The lowest BCUT2D eigenvalue weighted by molar-refractivity contribution is -0.840. The Bertz CT molecular complexity index is 194. The van der Waals surface area contributed by atoms with E-state index in [0.29, 0.717) is 5.60 Å². The molecule has 1 unspecified atom stereocenters. The summed E-state index contributed by atoms with van der Waals surface area (Å²) in [6.07, 6.45) is 2.83. The maximum absolute atomic E-state index is 5.62. The third-order valence-electron chi connectivity index (χ3n) is 3.94. The molecule has 1 atom stereocenters. The number of hydrogen-bond acceptors (Lipinski definition) is 1. The molecule has 2 bridgehead atoms. The van der Waals surface area contributed by atoms with Gasteiger partial charge in [0, 0.05) is 18.8 Å². The lowest BCUT2D eigenvalue weighted by atomic mass is 9.75. The van der Waals surface area contributed by atoms with Crippen molar-refractivity contribution in [3.63, 3.8) is 0 Å². The highest BCUT2D eigenvalue weighted by molar-refractivity contribution is 5.97. The SMILES string of the molecule is B[N+]12CCC(CC1)C1(CO1)C2. The van der Waals surface area contributed by atoms with Crippen molar-refractivity contribution in [1.82, 2.24) is 0 Å². The molecular weight excluding hydrogens is 137 g/mol. The predicted molar refractivity (Wildman–Crippen MR) is 44.8 cm³/mol. The Labute approximate surface area is 68.5 Å². The van der Waals surface area contributed by atoms with Gasteiger partial charge in [0.2, 0.25) is 0 Å². The molecule has 2 nitrogen and oxygen atoms in total. The van der Waals surface area contributed by atoms with E-state index in [2.05, 4.69) is 7.98 Å². The number of rotatable bonds is 0. The molecule has 0 aromatic heterocycles. The fourth-order valence-electron chi connectivity index (χ4n) is 3.07. The fourth-order valence-corrected chi connectivity index (χ4v) is 3.07. The average molecular weight is 152 g/mol. The number of nitrogens with zero attached hydrogens (tertiary/aromatic N) is 1. The van der Waals surface area contributed by atoms with Gasteiger partial charge in [-0.3, -0.25) is 0 Å². The first kappa shape index (κ1) is 6.50. The highest BCUT2D eigenvalue weighted by atomic mass is 16.6. The molecule has 0 saturated carbocycles. The van der Waals surface area contributed by atoms with Crippen LogP contribution in [0.3, 0.4) is 0 Å². The number of fused-ring (bicyclic) bond motifs is 2. The minimum atomic E-state index is 0.380. The van der Waals surface area contributed by atoms with E-state index in [1.165, 1.54) is 36.9 Å². The van der Waals surface area contributed by atoms with Crippen molar-refractivity contribution >= 4 is 7.98 Å². The van der Waals surface area contributed by atoms with Crippen LogP contribution in [0.5, 0.6) is 0 Å². The van der Waals surface area contributed by atoms with Crippen LogP contribution in [0.4, 0.5) is 0 Å². The van der Waals surface area contributed by atoms with E-state index < -0.39 is 0 Å². The van der Waals surface area contributed by atoms with Gasteiger partial charge < -0.3 is 9.13 Å². The van der Waals surface area contributed by atoms with Gasteiger partial charge in [-0.1, -0.05) is 0 Å². The van der Waals surface area contributed by atoms with Crippen LogP contribution in [0.25, 0.3) is 0 Å². The lowest BCUT2D eigenvalue weighted by Crippen LogP contribution is -2.63. The van der Waals surface area contributed by atoms with Gasteiger partial charge in [0.05, 0.1) is 26.2 Å². The third kappa shape index (κ3) is 0.758. The molecule has 0 radical (unpaired) electrons. The molecule has 0 aromatic rings. The molecule has 4 heterocycles. The summed E-state index contributed by atoms with van der Waals surface area (Å²) in [5.41, 5.74) is 0.380. The maximum atomic E-state index is 5.62. The van der Waals surface area contributed by atoms with E-state index in [1.807, 2.05) is 0 Å². The number of hydrogen-bond donors (Lipinski definition) is 0. The molecule has 0 N–H and O–H groups in total. The highest BCUT2D eigenvalue weighted by Crippen LogP contribution is 2.48. The highest BCUT2D eigenvalue weighted by Gasteiger charge is 2.61. The van der Waals surface area contributed by atoms with Crippen molar-refractivity contribution in [2.45, 2.75) is 18.4 Å². The van der Waals surface area contributed by atoms with E-state index >= 15 is 0 Å². The Morgan fingerprint density at radius 3 is 2.36 bits per heavy atom. The predicted octanol–water partition coefficient (Wildman–Crippen LogP) is -0.456. The molecule has 11 heavy (non-hydrogen) atoms. The smallest absolute Gasteiger partial charge is 0.372 e. The van der Waals surface area contributed by atoms with Gasteiger partial charge in [-0.25, -0.2) is 0 Å². The molecule has 0 amide bonds. The number of quaternary nitrogens is 1. The van der Waals surface area contributed by atoms with Crippen LogP contribution < -0.4 is 0 Å². The van der Waals surface area contributed by atoms with E-state index in [-0.39, 0.29) is 0 Å². The fraction of sp³-hybridized carbons (Fsp3) is 1.00. The Morgan fingerprint density at radius 2 is 2.00 bits per heavy atom. The summed E-state index contributed by atoms with van der Waals surface area (Å²) in [4.78, 5) is 0. The van der Waals surface area contributed by atoms with E-state index in [0.717, 1.165) is 12.5 Å². The first-order valence-corrected chi connectivity index (χ1v) is 4.70. The van der Waals surface area contributed by atoms with Crippen molar-refractivity contribution in [3.8, 4) is 0 Å². The van der Waals surface area contributed by atoms with Crippen LogP contribution >= 0.6 is 0 Å². The van der Waals surface area contributed by atoms with Gasteiger partial charge in [0.25, 0.3) is 0 Å². The van der Waals surface area contributed by atoms with Crippen molar-refractivity contribution in [2.75, 3.05) is 26.2 Å². The monoisotopic (exact) mass is 152 g/mol. The zero-order chi connectivity index (χ0) is 7.53. The van der Waals surface area contributed by atoms with Gasteiger partial charge in [0.15, 0.2) is 0 Å². The summed E-state index contributed by atoms with van der Waals surface area (Å²) in [7, 11) is 2.39. The van der Waals surface area contributed by atoms with Crippen LogP contribution in [0.15, 0.2) is 0 Å². The molecular formula is C8H15BNO+. The van der Waals surface area contributed by atoms with E-state index in [4.69, 9.17) is 4.74 Å².